The lowest BCUT2D eigenvalue weighted by atomic mass is 10.1. The fourth-order valence-electron chi connectivity index (χ4n) is 2.58. The van der Waals surface area contributed by atoms with Gasteiger partial charge in [-0.25, -0.2) is 0 Å². The molecule has 1 heterocycles. The Balaban J connectivity index is 0.000000578. The van der Waals surface area contributed by atoms with Crippen LogP contribution in [0.1, 0.15) is 45.2 Å². The first kappa shape index (κ1) is 29.3. The summed E-state index contributed by atoms with van der Waals surface area (Å²) in [5.41, 5.74) is 4.43. The first-order valence-electron chi connectivity index (χ1n) is 11.0. The van der Waals surface area contributed by atoms with Crippen molar-refractivity contribution in [2.45, 2.75) is 41.0 Å². The minimum absolute atomic E-state index is 0.0213. The van der Waals surface area contributed by atoms with Gasteiger partial charge in [0.15, 0.2) is 0 Å². The largest absolute Gasteiger partial charge is 0.358 e. The highest BCUT2D eigenvalue weighted by Crippen LogP contribution is 2.29. The van der Waals surface area contributed by atoms with Crippen LogP contribution in [-0.2, 0) is 4.79 Å². The van der Waals surface area contributed by atoms with Crippen molar-refractivity contribution in [1.29, 1.82) is 5.26 Å². The van der Waals surface area contributed by atoms with Crippen molar-refractivity contribution in [1.82, 2.24) is 15.2 Å². The van der Waals surface area contributed by atoms with Crippen LogP contribution in [0.2, 0.25) is 0 Å². The number of aryl methyl sites for hydroxylation is 1. The topological polar surface area (TPSA) is 83.9 Å². The quantitative estimate of drug-likeness (QED) is 0.186. The lowest BCUT2D eigenvalue weighted by molar-refractivity contribution is -0.117. The number of hydrogen-bond donors (Lipinski definition) is 3. The number of rotatable bonds is 10. The van der Waals surface area contributed by atoms with E-state index in [2.05, 4.69) is 46.1 Å². The molecule has 0 radical (unpaired) electrons. The number of H-pyrrole nitrogens is 1. The Kier molecular flexibility index (Phi) is 15.5. The number of fused-ring (bicyclic) bond motifs is 1. The van der Waals surface area contributed by atoms with Crippen molar-refractivity contribution < 1.29 is 4.79 Å². The summed E-state index contributed by atoms with van der Waals surface area (Å²) in [6.07, 6.45) is 4.31. The van der Waals surface area contributed by atoms with Crippen molar-refractivity contribution in [3.63, 3.8) is 0 Å². The molecule has 6 nitrogen and oxygen atoms in total. The van der Waals surface area contributed by atoms with Crippen LogP contribution in [0.5, 0.6) is 0 Å². The molecule has 1 aromatic carbocycles. The van der Waals surface area contributed by atoms with Crippen LogP contribution < -0.4 is 10.0 Å². The highest BCUT2D eigenvalue weighted by atomic mass is 32.2. The van der Waals surface area contributed by atoms with Gasteiger partial charge >= 0.3 is 0 Å². The second kappa shape index (κ2) is 16.9. The maximum Gasteiger partial charge on any atom is 0.246 e. The average Bonchev–Trinajstić information content (AvgIpc) is 3.27. The van der Waals surface area contributed by atoms with Crippen molar-refractivity contribution in [2.24, 2.45) is 0 Å². The van der Waals surface area contributed by atoms with E-state index in [9.17, 15) is 4.79 Å². The summed E-state index contributed by atoms with van der Waals surface area (Å²) < 4.78 is 3.26. The smallest absolute Gasteiger partial charge is 0.246 e. The molecule has 176 valence electrons. The number of likely N-dealkylation sites (N-methyl/N-ethyl adjacent to an activating group) is 1. The molecule has 0 unspecified atom stereocenters. The predicted octanol–water partition coefficient (Wildman–Crippen LogP) is 5.64. The molecule has 0 spiro atoms. The lowest BCUT2D eigenvalue weighted by Crippen LogP contribution is -2.33. The molecule has 1 aromatic heterocycles. The van der Waals surface area contributed by atoms with E-state index < -0.39 is 0 Å². The van der Waals surface area contributed by atoms with Gasteiger partial charge in [-0.05, 0) is 50.5 Å². The number of carbonyl (C=O) groups excluding carboxylic acids is 1. The molecule has 0 bridgehead atoms. The predicted molar refractivity (Wildman–Crippen MR) is 141 cm³/mol. The number of hydrogen-bond acceptors (Lipinski definition) is 5. The van der Waals surface area contributed by atoms with E-state index in [0.717, 1.165) is 47.4 Å². The van der Waals surface area contributed by atoms with Gasteiger partial charge < -0.3 is 19.9 Å². The van der Waals surface area contributed by atoms with Crippen LogP contribution >= 0.6 is 11.9 Å². The third-order valence-corrected chi connectivity index (χ3v) is 5.38. The van der Waals surface area contributed by atoms with Crippen LogP contribution in [0.4, 0.5) is 5.69 Å². The van der Waals surface area contributed by atoms with E-state index >= 15 is 0 Å². The summed E-state index contributed by atoms with van der Waals surface area (Å²) in [5.74, 6) is 0.813. The van der Waals surface area contributed by atoms with Gasteiger partial charge in [-0.1, -0.05) is 46.4 Å². The summed E-state index contributed by atoms with van der Waals surface area (Å²) in [7, 11) is 2.03. The Morgan fingerprint density at radius 1 is 1.34 bits per heavy atom. The third-order valence-electron chi connectivity index (χ3n) is 4.61. The number of nitrogens with one attached hydrogen (secondary N) is 3. The van der Waals surface area contributed by atoms with E-state index in [1.807, 2.05) is 53.0 Å². The lowest BCUT2D eigenvalue weighted by Gasteiger charge is -2.14. The van der Waals surface area contributed by atoms with Crippen LogP contribution in [0.15, 0.2) is 43.1 Å². The number of nitriles is 1. The van der Waals surface area contributed by atoms with Crippen molar-refractivity contribution in [3.05, 3.63) is 54.3 Å². The Morgan fingerprint density at radius 3 is 2.59 bits per heavy atom. The highest BCUT2D eigenvalue weighted by Gasteiger charge is 2.09. The zero-order valence-corrected chi connectivity index (χ0v) is 21.3. The van der Waals surface area contributed by atoms with Gasteiger partial charge in [0.1, 0.15) is 6.07 Å². The second-order valence-electron chi connectivity index (χ2n) is 6.80. The normalized spacial score (nSPS) is 9.69. The van der Waals surface area contributed by atoms with E-state index in [1.54, 1.807) is 18.1 Å². The van der Waals surface area contributed by atoms with Gasteiger partial charge in [0.25, 0.3) is 0 Å². The van der Waals surface area contributed by atoms with Crippen molar-refractivity contribution in [3.8, 4) is 6.07 Å². The minimum Gasteiger partial charge on any atom is -0.358 e. The Labute approximate surface area is 198 Å². The number of benzene rings is 1. The molecule has 0 fully saturated rings. The van der Waals surface area contributed by atoms with Crippen LogP contribution in [0.25, 0.3) is 10.9 Å². The summed E-state index contributed by atoms with van der Waals surface area (Å²) in [6, 6.07) is 6.24. The summed E-state index contributed by atoms with van der Waals surface area (Å²) in [6.45, 7) is 20.0. The average molecular weight is 458 g/mol. The first-order valence-corrected chi connectivity index (χ1v) is 12.0. The van der Waals surface area contributed by atoms with Crippen molar-refractivity contribution in [2.75, 3.05) is 37.2 Å². The number of carbonyl (C=O) groups is 1. The fraction of sp³-hybridized carbons (Fsp3) is 0.440. The second-order valence-corrected chi connectivity index (χ2v) is 7.63. The third kappa shape index (κ3) is 9.63. The molecule has 0 atom stereocenters. The Morgan fingerprint density at radius 2 is 2.03 bits per heavy atom. The van der Waals surface area contributed by atoms with E-state index in [0.29, 0.717) is 17.7 Å². The Hall–Kier alpha value is -2.69. The van der Waals surface area contributed by atoms with Gasteiger partial charge in [-0.3, -0.25) is 4.79 Å². The molecule has 0 aliphatic carbocycles. The molecule has 32 heavy (non-hydrogen) atoms. The van der Waals surface area contributed by atoms with Gasteiger partial charge in [-0.2, -0.15) is 5.26 Å². The summed E-state index contributed by atoms with van der Waals surface area (Å²) in [5, 5.41) is 12.9. The van der Waals surface area contributed by atoms with Crippen LogP contribution in [-0.4, -0.2) is 48.2 Å². The molecule has 2 rings (SSSR count). The van der Waals surface area contributed by atoms with E-state index in [4.69, 9.17) is 5.26 Å². The minimum atomic E-state index is -0.0213. The Bertz CT molecular complexity index is 898. The molecule has 0 aliphatic heterocycles. The molecular formula is C25H39N5OS. The van der Waals surface area contributed by atoms with E-state index in [1.165, 1.54) is 0 Å². The van der Waals surface area contributed by atoms with Gasteiger partial charge in [0, 0.05) is 36.0 Å². The van der Waals surface area contributed by atoms with Crippen LogP contribution in [0, 0.1) is 18.3 Å². The monoisotopic (exact) mass is 457 g/mol. The highest BCUT2D eigenvalue weighted by molar-refractivity contribution is 8.00. The molecule has 3 N–H and O–H groups in total. The molecule has 0 saturated heterocycles. The number of aromatic nitrogens is 1. The molecule has 0 aliphatic rings. The standard InChI is InChI=1S/C13H13N3S.C10H20N2O.C2H6/c1-3-6-17-16-11-5-4-9(2)12-10(7-14)8-15-13(11)12;1-5-9(3)10(13)11-7-8-12(4)6-2;1-2/h3-5,8,15-16H,1,6H2,2H3;3,5-8H2,1-2,4H3,(H,11,13);1-2H3. The molecule has 0 saturated carbocycles. The van der Waals surface area contributed by atoms with Crippen LogP contribution in [0.3, 0.4) is 0 Å². The molecule has 1 amide bonds. The number of nitrogens with zero attached hydrogens (tertiary/aromatic N) is 2. The molecular weight excluding hydrogens is 418 g/mol. The zero-order chi connectivity index (χ0) is 24.5. The fourth-order valence-corrected chi connectivity index (χ4v) is 3.10. The number of anilines is 1. The maximum atomic E-state index is 11.2. The SMILES string of the molecule is C=C(CC)C(=O)NCCN(C)CC.C=CCSNc1ccc(C)c2c(C#N)c[nH]c12.CC. The number of amides is 1. The molecule has 7 heteroatoms. The maximum absolute atomic E-state index is 11.2. The zero-order valence-electron chi connectivity index (χ0n) is 20.5. The summed E-state index contributed by atoms with van der Waals surface area (Å²) in [4.78, 5) is 16.5. The summed E-state index contributed by atoms with van der Waals surface area (Å²) >= 11 is 1.57. The number of aromatic amines is 1. The van der Waals surface area contributed by atoms with Gasteiger partial charge in [0.05, 0.1) is 16.8 Å². The van der Waals surface area contributed by atoms with Crippen molar-refractivity contribution >= 4 is 34.4 Å². The first-order chi connectivity index (χ1) is 15.4. The molecule has 2 aromatic rings. The van der Waals surface area contributed by atoms with E-state index in [-0.39, 0.29) is 5.91 Å². The van der Waals surface area contributed by atoms with Gasteiger partial charge in [0.2, 0.25) is 5.91 Å². The van der Waals surface area contributed by atoms with Gasteiger partial charge in [-0.15, -0.1) is 6.58 Å².